The molecule has 152 valence electrons. The number of carbonyl (C=O) groups excluding carboxylic acids is 1. The largest absolute Gasteiger partial charge is 0.497 e. The van der Waals surface area contributed by atoms with Crippen LogP contribution in [0.15, 0.2) is 42.5 Å². The summed E-state index contributed by atoms with van der Waals surface area (Å²) in [7, 11) is -2.06. The van der Waals surface area contributed by atoms with Crippen LogP contribution < -0.4 is 14.4 Å². The van der Waals surface area contributed by atoms with Crippen LogP contribution in [0.5, 0.6) is 5.75 Å². The number of amides is 1. The molecular weight excluding hydrogens is 376 g/mol. The van der Waals surface area contributed by atoms with Gasteiger partial charge in [0.15, 0.2) is 0 Å². The second-order valence-corrected chi connectivity index (χ2v) is 8.89. The summed E-state index contributed by atoms with van der Waals surface area (Å²) < 4.78 is 31.3. The third-order valence-corrected chi connectivity index (χ3v) is 5.89. The van der Waals surface area contributed by atoms with E-state index in [4.69, 9.17) is 4.74 Å². The van der Waals surface area contributed by atoms with Crippen LogP contribution in [0.25, 0.3) is 0 Å². The summed E-state index contributed by atoms with van der Waals surface area (Å²) >= 11 is 0. The van der Waals surface area contributed by atoms with E-state index in [0.717, 1.165) is 28.7 Å². The van der Waals surface area contributed by atoms with E-state index in [1.807, 2.05) is 57.2 Å². The molecule has 0 unspecified atom stereocenters. The summed E-state index contributed by atoms with van der Waals surface area (Å²) in [6, 6.07) is 11.8. The second-order valence-electron chi connectivity index (χ2n) is 7.03. The first-order valence-corrected chi connectivity index (χ1v) is 10.9. The van der Waals surface area contributed by atoms with E-state index in [2.05, 4.69) is 5.32 Å². The Hall–Kier alpha value is -2.54. The van der Waals surface area contributed by atoms with Crippen molar-refractivity contribution < 1.29 is 17.9 Å². The number of methoxy groups -OCH3 is 1. The van der Waals surface area contributed by atoms with Crippen LogP contribution in [-0.2, 0) is 14.8 Å². The van der Waals surface area contributed by atoms with Gasteiger partial charge in [-0.3, -0.25) is 9.10 Å². The molecule has 0 fully saturated rings. The van der Waals surface area contributed by atoms with E-state index in [0.29, 0.717) is 5.69 Å². The predicted octanol–water partition coefficient (Wildman–Crippen LogP) is 3.34. The van der Waals surface area contributed by atoms with Gasteiger partial charge in [0.25, 0.3) is 0 Å². The van der Waals surface area contributed by atoms with Crippen LogP contribution in [0.3, 0.4) is 0 Å². The zero-order chi connectivity index (χ0) is 21.1. The van der Waals surface area contributed by atoms with Crippen LogP contribution in [0.2, 0.25) is 0 Å². The highest BCUT2D eigenvalue weighted by atomic mass is 32.2. The third kappa shape index (κ3) is 5.04. The second kappa shape index (κ2) is 8.65. The van der Waals surface area contributed by atoms with Gasteiger partial charge in [0.2, 0.25) is 15.9 Å². The lowest BCUT2D eigenvalue weighted by atomic mass is 10.1. The zero-order valence-electron chi connectivity index (χ0n) is 17.2. The van der Waals surface area contributed by atoms with Gasteiger partial charge in [0, 0.05) is 0 Å². The number of carbonyl (C=O) groups is 1. The first-order chi connectivity index (χ1) is 13.0. The summed E-state index contributed by atoms with van der Waals surface area (Å²) in [5.74, 6) is 0.364. The van der Waals surface area contributed by atoms with Crippen molar-refractivity contribution in [2.45, 2.75) is 39.8 Å². The van der Waals surface area contributed by atoms with Gasteiger partial charge in [-0.1, -0.05) is 24.3 Å². The van der Waals surface area contributed by atoms with Crippen LogP contribution in [0, 0.1) is 13.8 Å². The fourth-order valence-electron chi connectivity index (χ4n) is 3.05. The lowest BCUT2D eigenvalue weighted by Crippen LogP contribution is -2.48. The van der Waals surface area contributed by atoms with Gasteiger partial charge in [-0.25, -0.2) is 8.42 Å². The maximum absolute atomic E-state index is 12.9. The lowest BCUT2D eigenvalue weighted by molar-refractivity contribution is -0.122. The molecule has 0 saturated carbocycles. The topological polar surface area (TPSA) is 75.7 Å². The van der Waals surface area contributed by atoms with Crippen LogP contribution in [0.1, 0.15) is 36.6 Å². The molecule has 6 nitrogen and oxygen atoms in total. The average Bonchev–Trinajstić information content (AvgIpc) is 2.63. The number of sulfonamides is 1. The minimum Gasteiger partial charge on any atom is -0.497 e. The Morgan fingerprint density at radius 2 is 1.68 bits per heavy atom. The molecule has 0 aromatic heterocycles. The van der Waals surface area contributed by atoms with Gasteiger partial charge in [-0.2, -0.15) is 0 Å². The van der Waals surface area contributed by atoms with Crippen LogP contribution in [-0.4, -0.2) is 33.7 Å². The Morgan fingerprint density at radius 3 is 2.21 bits per heavy atom. The van der Waals surface area contributed by atoms with E-state index in [-0.39, 0.29) is 11.9 Å². The molecule has 0 saturated heterocycles. The molecule has 0 radical (unpaired) electrons. The van der Waals surface area contributed by atoms with E-state index in [9.17, 15) is 13.2 Å². The molecule has 1 N–H and O–H groups in total. The molecule has 28 heavy (non-hydrogen) atoms. The number of nitrogens with zero attached hydrogens (tertiary/aromatic N) is 1. The Morgan fingerprint density at radius 1 is 1.07 bits per heavy atom. The molecule has 0 spiro atoms. The molecular formula is C21H28N2O4S. The van der Waals surface area contributed by atoms with Crippen molar-refractivity contribution in [2.24, 2.45) is 0 Å². The van der Waals surface area contributed by atoms with Gasteiger partial charge in [0.1, 0.15) is 11.8 Å². The molecule has 0 heterocycles. The predicted molar refractivity (Wildman–Crippen MR) is 112 cm³/mol. The molecule has 2 atom stereocenters. The highest BCUT2D eigenvalue weighted by molar-refractivity contribution is 7.92. The van der Waals surface area contributed by atoms with E-state index in [1.165, 1.54) is 4.31 Å². The van der Waals surface area contributed by atoms with E-state index in [1.54, 1.807) is 20.1 Å². The van der Waals surface area contributed by atoms with E-state index >= 15 is 0 Å². The molecule has 2 rings (SSSR count). The Labute approximate surface area is 167 Å². The maximum Gasteiger partial charge on any atom is 0.244 e. The summed E-state index contributed by atoms with van der Waals surface area (Å²) in [6.45, 7) is 7.17. The summed E-state index contributed by atoms with van der Waals surface area (Å²) in [5, 5.41) is 2.90. The highest BCUT2D eigenvalue weighted by Gasteiger charge is 2.30. The van der Waals surface area contributed by atoms with Crippen LogP contribution >= 0.6 is 0 Å². The number of aryl methyl sites for hydroxylation is 2. The van der Waals surface area contributed by atoms with Crippen LogP contribution in [0.4, 0.5) is 5.69 Å². The average molecular weight is 405 g/mol. The molecule has 0 aliphatic carbocycles. The SMILES string of the molecule is COc1ccc([C@@H](C)NC(=O)[C@@H](C)N(c2cc(C)ccc2C)S(C)(=O)=O)cc1. The fraction of sp³-hybridized carbons (Fsp3) is 0.381. The maximum atomic E-state index is 12.9. The first kappa shape index (κ1) is 21.8. The van der Waals surface area contributed by atoms with Crippen molar-refractivity contribution >= 4 is 21.6 Å². The minimum atomic E-state index is -3.65. The fourth-order valence-corrected chi connectivity index (χ4v) is 4.27. The monoisotopic (exact) mass is 404 g/mol. The van der Waals surface area contributed by atoms with Crippen molar-refractivity contribution in [2.75, 3.05) is 17.7 Å². The zero-order valence-corrected chi connectivity index (χ0v) is 18.0. The number of ether oxygens (including phenoxy) is 1. The van der Waals surface area contributed by atoms with E-state index < -0.39 is 16.1 Å². The Kier molecular flexibility index (Phi) is 6.72. The summed E-state index contributed by atoms with van der Waals surface area (Å²) in [6.07, 6.45) is 1.12. The van der Waals surface area contributed by atoms with Gasteiger partial charge >= 0.3 is 0 Å². The van der Waals surface area contributed by atoms with Crippen molar-refractivity contribution in [3.63, 3.8) is 0 Å². The number of hydrogen-bond acceptors (Lipinski definition) is 4. The quantitative estimate of drug-likeness (QED) is 0.768. The lowest BCUT2D eigenvalue weighted by Gasteiger charge is -2.30. The molecule has 2 aromatic carbocycles. The van der Waals surface area contributed by atoms with Gasteiger partial charge in [0.05, 0.1) is 25.1 Å². The minimum absolute atomic E-state index is 0.277. The smallest absolute Gasteiger partial charge is 0.244 e. The highest BCUT2D eigenvalue weighted by Crippen LogP contribution is 2.27. The Bertz CT molecular complexity index is 939. The van der Waals surface area contributed by atoms with Gasteiger partial charge in [-0.15, -0.1) is 0 Å². The summed E-state index contributed by atoms with van der Waals surface area (Å²) in [4.78, 5) is 12.9. The molecule has 0 aliphatic rings. The standard InChI is InChI=1S/C21H28N2O4S/c1-14-7-8-15(2)20(13-14)23(28(6,25)26)17(4)21(24)22-16(3)18-9-11-19(27-5)12-10-18/h7-13,16-17H,1-6H3,(H,22,24)/t16-,17-/m1/s1. The first-order valence-electron chi connectivity index (χ1n) is 9.05. The number of anilines is 1. The van der Waals surface area contributed by atoms with Crippen molar-refractivity contribution in [1.82, 2.24) is 5.32 Å². The molecule has 7 heteroatoms. The Balaban J connectivity index is 2.27. The number of nitrogens with one attached hydrogen (secondary N) is 1. The molecule has 2 aromatic rings. The molecule has 0 bridgehead atoms. The van der Waals surface area contributed by atoms with Crippen molar-refractivity contribution in [1.29, 1.82) is 0 Å². The number of rotatable bonds is 7. The number of benzene rings is 2. The van der Waals surface area contributed by atoms with Gasteiger partial charge in [-0.05, 0) is 62.6 Å². The van der Waals surface area contributed by atoms with Crippen molar-refractivity contribution in [3.05, 3.63) is 59.2 Å². The number of hydrogen-bond donors (Lipinski definition) is 1. The van der Waals surface area contributed by atoms with Gasteiger partial charge < -0.3 is 10.1 Å². The molecule has 1 amide bonds. The third-order valence-electron chi connectivity index (χ3n) is 4.67. The summed E-state index contributed by atoms with van der Waals surface area (Å²) in [5.41, 5.74) is 3.13. The normalized spacial score (nSPS) is 13.5. The van der Waals surface area contributed by atoms with Crippen molar-refractivity contribution in [3.8, 4) is 5.75 Å². The molecule has 0 aliphatic heterocycles.